The first-order valence-electron chi connectivity index (χ1n) is 7.26. The van der Waals surface area contributed by atoms with Crippen LogP contribution in [-0.2, 0) is 9.53 Å². The van der Waals surface area contributed by atoms with Gasteiger partial charge in [-0.2, -0.15) is 0 Å². The maximum absolute atomic E-state index is 12.0. The van der Waals surface area contributed by atoms with E-state index in [1.807, 2.05) is 20.8 Å². The van der Waals surface area contributed by atoms with Gasteiger partial charge in [0.15, 0.2) is 0 Å². The van der Waals surface area contributed by atoms with Gasteiger partial charge in [0, 0.05) is 30.9 Å². The lowest BCUT2D eigenvalue weighted by atomic mass is 9.56. The fourth-order valence-electron chi connectivity index (χ4n) is 3.03. The van der Waals surface area contributed by atoms with E-state index in [2.05, 4.69) is 19.2 Å². The van der Waals surface area contributed by atoms with Gasteiger partial charge >= 0.3 is 0 Å². The first kappa shape index (κ1) is 14.8. The Balaban J connectivity index is 1.85. The third kappa shape index (κ3) is 2.40. The van der Waals surface area contributed by atoms with Crippen LogP contribution in [0, 0.1) is 16.7 Å². The predicted molar refractivity (Wildman–Crippen MR) is 73.7 cm³/mol. The Hall–Kier alpha value is -0.610. The van der Waals surface area contributed by atoms with Crippen LogP contribution in [0.1, 0.15) is 47.5 Å². The summed E-state index contributed by atoms with van der Waals surface area (Å²) in [6.07, 6.45) is 1.63. The molecule has 0 bridgehead atoms. The van der Waals surface area contributed by atoms with Crippen molar-refractivity contribution < 1.29 is 14.6 Å². The van der Waals surface area contributed by atoms with Crippen molar-refractivity contribution in [1.82, 2.24) is 5.32 Å². The van der Waals surface area contributed by atoms with E-state index in [-0.39, 0.29) is 28.8 Å². The number of hydrogen-bond acceptors (Lipinski definition) is 3. The number of aliphatic hydroxyl groups is 1. The fraction of sp³-hybridized carbons (Fsp3) is 0.933. The summed E-state index contributed by atoms with van der Waals surface area (Å²) in [6, 6.07) is 0. The van der Waals surface area contributed by atoms with Gasteiger partial charge in [0.05, 0.1) is 11.7 Å². The van der Waals surface area contributed by atoms with E-state index in [9.17, 15) is 9.90 Å². The molecule has 4 nitrogen and oxygen atoms in total. The van der Waals surface area contributed by atoms with Gasteiger partial charge in [-0.3, -0.25) is 4.79 Å². The fourth-order valence-corrected chi connectivity index (χ4v) is 3.03. The standard InChI is InChI=1S/C15H27NO3/c1-6-19-11-8-15(18,14(11,4)5)9-16-12(17)10-7-13(10,2)3/h10-11,18H,6-9H2,1-5H3,(H,16,17)/t10-,11+,15-/m1/s1. The molecule has 2 fully saturated rings. The molecule has 4 heteroatoms. The molecule has 0 unspecified atom stereocenters. The molecule has 3 atom stereocenters. The zero-order valence-electron chi connectivity index (χ0n) is 12.7. The molecule has 0 heterocycles. The van der Waals surface area contributed by atoms with Gasteiger partial charge in [0.25, 0.3) is 0 Å². The highest BCUT2D eigenvalue weighted by Crippen LogP contribution is 2.53. The average molecular weight is 269 g/mol. The molecule has 2 saturated carbocycles. The minimum absolute atomic E-state index is 0.0779. The smallest absolute Gasteiger partial charge is 0.223 e. The van der Waals surface area contributed by atoms with Gasteiger partial charge in [0.1, 0.15) is 0 Å². The van der Waals surface area contributed by atoms with Gasteiger partial charge in [-0.05, 0) is 18.8 Å². The van der Waals surface area contributed by atoms with Crippen LogP contribution < -0.4 is 5.32 Å². The molecule has 0 spiro atoms. The number of nitrogens with one attached hydrogen (secondary N) is 1. The van der Waals surface area contributed by atoms with Gasteiger partial charge in [-0.25, -0.2) is 0 Å². The van der Waals surface area contributed by atoms with Crippen molar-refractivity contribution in [3.63, 3.8) is 0 Å². The molecular formula is C15H27NO3. The van der Waals surface area contributed by atoms with E-state index in [1.54, 1.807) is 0 Å². The maximum Gasteiger partial charge on any atom is 0.223 e. The minimum atomic E-state index is -0.846. The van der Waals surface area contributed by atoms with E-state index in [4.69, 9.17) is 4.74 Å². The second-order valence-corrected chi connectivity index (χ2v) is 7.36. The first-order chi connectivity index (χ1) is 8.64. The lowest BCUT2D eigenvalue weighted by Crippen LogP contribution is -2.68. The largest absolute Gasteiger partial charge is 0.387 e. The van der Waals surface area contributed by atoms with E-state index in [1.165, 1.54) is 0 Å². The van der Waals surface area contributed by atoms with Crippen molar-refractivity contribution in [3.05, 3.63) is 0 Å². The molecule has 0 radical (unpaired) electrons. The predicted octanol–water partition coefficient (Wildman–Crippen LogP) is 1.71. The molecule has 0 aliphatic heterocycles. The van der Waals surface area contributed by atoms with E-state index >= 15 is 0 Å². The summed E-state index contributed by atoms with van der Waals surface area (Å²) in [4.78, 5) is 12.0. The van der Waals surface area contributed by atoms with Crippen molar-refractivity contribution >= 4 is 5.91 Å². The van der Waals surface area contributed by atoms with Crippen molar-refractivity contribution in [2.45, 2.75) is 59.2 Å². The normalized spacial score (nSPS) is 38.4. The van der Waals surface area contributed by atoms with Crippen LogP contribution in [0.15, 0.2) is 0 Å². The number of carbonyl (C=O) groups excluding carboxylic acids is 1. The molecule has 0 saturated heterocycles. The molecule has 2 N–H and O–H groups in total. The second-order valence-electron chi connectivity index (χ2n) is 7.36. The Morgan fingerprint density at radius 3 is 2.32 bits per heavy atom. The van der Waals surface area contributed by atoms with Crippen molar-refractivity contribution in [2.24, 2.45) is 16.7 Å². The molecule has 1 amide bonds. The molecule has 2 rings (SSSR count). The van der Waals surface area contributed by atoms with Gasteiger partial charge in [-0.1, -0.05) is 27.7 Å². The zero-order valence-corrected chi connectivity index (χ0v) is 12.7. The monoisotopic (exact) mass is 269 g/mol. The summed E-state index contributed by atoms with van der Waals surface area (Å²) in [5.74, 6) is 0.191. The molecule has 0 aromatic rings. The van der Waals surface area contributed by atoms with Crippen LogP contribution in [0.2, 0.25) is 0 Å². The Morgan fingerprint density at radius 2 is 1.89 bits per heavy atom. The van der Waals surface area contributed by atoms with Crippen LogP contribution in [0.25, 0.3) is 0 Å². The SMILES string of the molecule is CCO[C@H]1C[C@@](O)(CNC(=O)[C@H]2CC2(C)C)C1(C)C. The third-order valence-electron chi connectivity index (χ3n) is 5.28. The van der Waals surface area contributed by atoms with Crippen molar-refractivity contribution in [2.75, 3.05) is 13.2 Å². The summed E-state index contributed by atoms with van der Waals surface area (Å²) in [7, 11) is 0. The highest BCUT2D eigenvalue weighted by Gasteiger charge is 2.60. The lowest BCUT2D eigenvalue weighted by molar-refractivity contribution is -0.238. The van der Waals surface area contributed by atoms with E-state index in [0.717, 1.165) is 6.42 Å². The second kappa shape index (κ2) is 4.45. The number of hydrogen-bond donors (Lipinski definition) is 2. The lowest BCUT2D eigenvalue weighted by Gasteiger charge is -2.58. The van der Waals surface area contributed by atoms with Crippen molar-refractivity contribution in [1.29, 1.82) is 0 Å². The summed E-state index contributed by atoms with van der Waals surface area (Å²) in [5, 5.41) is 13.5. The third-order valence-corrected chi connectivity index (χ3v) is 5.28. The number of carbonyl (C=O) groups is 1. The zero-order chi connectivity index (χ0) is 14.5. The molecule has 0 aromatic carbocycles. The van der Waals surface area contributed by atoms with Crippen LogP contribution in [-0.4, -0.2) is 35.9 Å². The Morgan fingerprint density at radius 1 is 1.32 bits per heavy atom. The molecular weight excluding hydrogens is 242 g/mol. The van der Waals surface area contributed by atoms with Gasteiger partial charge in [-0.15, -0.1) is 0 Å². The van der Waals surface area contributed by atoms with E-state index < -0.39 is 5.60 Å². The highest BCUT2D eigenvalue weighted by molar-refractivity contribution is 5.82. The van der Waals surface area contributed by atoms with E-state index in [0.29, 0.717) is 19.6 Å². The molecule has 0 aromatic heterocycles. The Labute approximate surface area is 115 Å². The van der Waals surface area contributed by atoms with Crippen LogP contribution in [0.3, 0.4) is 0 Å². The quantitative estimate of drug-likeness (QED) is 0.799. The average Bonchev–Trinajstić information content (AvgIpc) is 2.95. The highest BCUT2D eigenvalue weighted by atomic mass is 16.5. The van der Waals surface area contributed by atoms with Crippen molar-refractivity contribution in [3.8, 4) is 0 Å². The topological polar surface area (TPSA) is 58.6 Å². The first-order valence-corrected chi connectivity index (χ1v) is 7.26. The van der Waals surface area contributed by atoms with Crippen LogP contribution in [0.5, 0.6) is 0 Å². The summed E-state index contributed by atoms with van der Waals surface area (Å²) >= 11 is 0. The Bertz CT molecular complexity index is 378. The molecule has 2 aliphatic carbocycles. The number of amides is 1. The van der Waals surface area contributed by atoms with Gasteiger partial charge in [0.2, 0.25) is 5.91 Å². The molecule has 19 heavy (non-hydrogen) atoms. The Kier molecular flexibility index (Phi) is 3.47. The maximum atomic E-state index is 12.0. The number of rotatable bonds is 5. The summed E-state index contributed by atoms with van der Waals surface area (Å²) in [5.41, 5.74) is -1.02. The summed E-state index contributed by atoms with van der Waals surface area (Å²) in [6.45, 7) is 11.2. The summed E-state index contributed by atoms with van der Waals surface area (Å²) < 4.78 is 5.62. The minimum Gasteiger partial charge on any atom is -0.387 e. The van der Waals surface area contributed by atoms with Crippen LogP contribution in [0.4, 0.5) is 0 Å². The molecule has 110 valence electrons. The number of ether oxygens (including phenoxy) is 1. The van der Waals surface area contributed by atoms with Gasteiger partial charge < -0.3 is 15.2 Å². The molecule has 2 aliphatic rings. The van der Waals surface area contributed by atoms with Crippen LogP contribution >= 0.6 is 0 Å².